The summed E-state index contributed by atoms with van der Waals surface area (Å²) >= 11 is 3.26. The molecule has 0 atom stereocenters. The third kappa shape index (κ3) is 2.63. The molecular weight excluding hydrogens is 256 g/mol. The van der Waals surface area contributed by atoms with E-state index in [4.69, 9.17) is 5.73 Å². The Morgan fingerprint density at radius 2 is 2.24 bits per heavy atom. The lowest BCUT2D eigenvalue weighted by Crippen LogP contribution is -2.55. The molecule has 1 aromatic heterocycles. The van der Waals surface area contributed by atoms with Gasteiger partial charge in [-0.05, 0) is 17.2 Å². The molecule has 0 aromatic carbocycles. The second-order valence-electron chi connectivity index (χ2n) is 4.04. The van der Waals surface area contributed by atoms with Crippen LogP contribution in [0.5, 0.6) is 0 Å². The smallest absolute Gasteiger partial charge is 0.227 e. The normalized spacial score (nSPS) is 15.7. The summed E-state index contributed by atoms with van der Waals surface area (Å²) in [4.78, 5) is 25.6. The fourth-order valence-corrected chi connectivity index (χ4v) is 3.49. The average molecular weight is 270 g/mol. The van der Waals surface area contributed by atoms with Gasteiger partial charge in [0.15, 0.2) is 0 Å². The number of likely N-dealkylation sites (tertiary alicyclic amines) is 1. The van der Waals surface area contributed by atoms with Gasteiger partial charge < -0.3 is 10.6 Å². The van der Waals surface area contributed by atoms with Gasteiger partial charge in [0.1, 0.15) is 0 Å². The predicted octanol–water partition coefficient (Wildman–Crippen LogP) is 0.956. The van der Waals surface area contributed by atoms with Crippen molar-refractivity contribution in [1.82, 2.24) is 4.90 Å². The molecule has 1 aliphatic rings. The van der Waals surface area contributed by atoms with Crippen molar-refractivity contribution < 1.29 is 9.59 Å². The first kappa shape index (κ1) is 12.4. The number of nitrogens with two attached hydrogens (primary N) is 1. The van der Waals surface area contributed by atoms with E-state index in [9.17, 15) is 9.59 Å². The van der Waals surface area contributed by atoms with Crippen LogP contribution in [-0.2, 0) is 16.0 Å². The Morgan fingerprint density at radius 3 is 2.82 bits per heavy atom. The zero-order valence-corrected chi connectivity index (χ0v) is 11.1. The van der Waals surface area contributed by atoms with E-state index in [2.05, 4.69) is 5.38 Å². The van der Waals surface area contributed by atoms with E-state index >= 15 is 0 Å². The molecule has 0 bridgehead atoms. The molecule has 17 heavy (non-hydrogen) atoms. The number of amides is 2. The highest BCUT2D eigenvalue weighted by atomic mass is 32.2. The van der Waals surface area contributed by atoms with Crippen molar-refractivity contribution in [1.29, 1.82) is 0 Å². The van der Waals surface area contributed by atoms with Gasteiger partial charge in [0, 0.05) is 23.4 Å². The maximum absolute atomic E-state index is 11.9. The van der Waals surface area contributed by atoms with Gasteiger partial charge in [0.2, 0.25) is 11.8 Å². The lowest BCUT2D eigenvalue weighted by molar-refractivity contribution is -0.141. The first-order valence-corrected chi connectivity index (χ1v) is 7.44. The van der Waals surface area contributed by atoms with E-state index in [-0.39, 0.29) is 17.7 Å². The average Bonchev–Trinajstić information content (AvgIpc) is 2.61. The summed E-state index contributed by atoms with van der Waals surface area (Å²) in [6, 6.07) is 0. The van der Waals surface area contributed by atoms with Crippen LogP contribution in [-0.4, -0.2) is 36.1 Å². The van der Waals surface area contributed by atoms with Crippen molar-refractivity contribution in [3.63, 3.8) is 0 Å². The van der Waals surface area contributed by atoms with Crippen LogP contribution in [0.15, 0.2) is 15.7 Å². The number of primary amides is 1. The van der Waals surface area contributed by atoms with Crippen LogP contribution in [0.1, 0.15) is 5.56 Å². The predicted molar refractivity (Wildman–Crippen MR) is 69.1 cm³/mol. The van der Waals surface area contributed by atoms with Gasteiger partial charge in [-0.25, -0.2) is 0 Å². The fourth-order valence-electron chi connectivity index (χ4n) is 1.76. The lowest BCUT2D eigenvalue weighted by atomic mass is 9.99. The van der Waals surface area contributed by atoms with E-state index in [1.807, 2.05) is 11.6 Å². The lowest BCUT2D eigenvalue weighted by Gasteiger charge is -2.37. The molecule has 2 N–H and O–H groups in total. The van der Waals surface area contributed by atoms with E-state index in [0.29, 0.717) is 19.5 Å². The van der Waals surface area contributed by atoms with Crippen LogP contribution in [0.25, 0.3) is 0 Å². The Bertz CT molecular complexity index is 438. The Hall–Kier alpha value is -1.01. The minimum Gasteiger partial charge on any atom is -0.369 e. The number of rotatable bonds is 4. The largest absolute Gasteiger partial charge is 0.369 e. The zero-order valence-electron chi connectivity index (χ0n) is 9.51. The van der Waals surface area contributed by atoms with Gasteiger partial charge in [0.25, 0.3) is 0 Å². The molecular formula is C11H14N2O2S2. The molecule has 0 radical (unpaired) electrons. The molecule has 1 aromatic rings. The Labute approximate surface area is 108 Å². The third-order valence-electron chi connectivity index (χ3n) is 2.90. The highest BCUT2D eigenvalue weighted by molar-refractivity contribution is 7.98. The molecule has 1 aliphatic heterocycles. The number of carbonyl (C=O) groups excluding carboxylic acids is 2. The molecule has 0 aliphatic carbocycles. The maximum Gasteiger partial charge on any atom is 0.227 e. The van der Waals surface area contributed by atoms with Crippen molar-refractivity contribution in [3.8, 4) is 0 Å². The van der Waals surface area contributed by atoms with Crippen LogP contribution >= 0.6 is 23.1 Å². The van der Waals surface area contributed by atoms with E-state index in [1.165, 1.54) is 0 Å². The van der Waals surface area contributed by atoms with Crippen molar-refractivity contribution in [2.24, 2.45) is 11.7 Å². The zero-order chi connectivity index (χ0) is 12.4. The number of thiophene rings is 1. The van der Waals surface area contributed by atoms with Crippen LogP contribution in [0.4, 0.5) is 0 Å². The number of carbonyl (C=O) groups is 2. The number of thioether (sulfide) groups is 1. The summed E-state index contributed by atoms with van der Waals surface area (Å²) in [6.45, 7) is 0.958. The molecule has 0 spiro atoms. The number of hydrogen-bond acceptors (Lipinski definition) is 4. The quantitative estimate of drug-likeness (QED) is 0.829. The van der Waals surface area contributed by atoms with Crippen LogP contribution in [0, 0.1) is 5.92 Å². The SMILES string of the molecule is CSc1cscc1CC(=O)N1CC(C(N)=O)C1. The molecule has 2 heterocycles. The van der Waals surface area contributed by atoms with Gasteiger partial charge in [0.05, 0.1) is 12.3 Å². The van der Waals surface area contributed by atoms with Crippen LogP contribution in [0.2, 0.25) is 0 Å². The standard InChI is InChI=1S/C11H14N2O2S2/c1-16-9-6-17-5-7(9)2-10(14)13-3-8(4-13)11(12)15/h5-6,8H,2-4H2,1H3,(H2,12,15). The molecule has 1 saturated heterocycles. The number of hydrogen-bond donors (Lipinski definition) is 1. The van der Waals surface area contributed by atoms with E-state index in [0.717, 1.165) is 10.5 Å². The molecule has 2 amide bonds. The van der Waals surface area contributed by atoms with Crippen LogP contribution < -0.4 is 5.73 Å². The Kier molecular flexibility index (Phi) is 3.73. The summed E-state index contributed by atoms with van der Waals surface area (Å²) in [7, 11) is 0. The van der Waals surface area contributed by atoms with Crippen molar-refractivity contribution in [3.05, 3.63) is 16.3 Å². The van der Waals surface area contributed by atoms with Gasteiger partial charge in [-0.2, -0.15) is 11.3 Å². The highest BCUT2D eigenvalue weighted by Gasteiger charge is 2.34. The Balaban J connectivity index is 1.89. The van der Waals surface area contributed by atoms with Crippen molar-refractivity contribution >= 4 is 34.9 Å². The van der Waals surface area contributed by atoms with Gasteiger partial charge in [-0.15, -0.1) is 11.8 Å². The molecule has 92 valence electrons. The second-order valence-corrected chi connectivity index (χ2v) is 5.63. The minimum absolute atomic E-state index is 0.0798. The van der Waals surface area contributed by atoms with E-state index in [1.54, 1.807) is 28.0 Å². The summed E-state index contributed by atoms with van der Waals surface area (Å²) in [5.74, 6) is -0.382. The van der Waals surface area contributed by atoms with Gasteiger partial charge >= 0.3 is 0 Å². The molecule has 6 heteroatoms. The fraction of sp³-hybridized carbons (Fsp3) is 0.455. The number of nitrogens with zero attached hydrogens (tertiary/aromatic N) is 1. The highest BCUT2D eigenvalue weighted by Crippen LogP contribution is 2.26. The molecule has 0 saturated carbocycles. The summed E-state index contributed by atoms with van der Waals surface area (Å²) < 4.78 is 0. The molecule has 0 unspecified atom stereocenters. The van der Waals surface area contributed by atoms with E-state index < -0.39 is 0 Å². The van der Waals surface area contributed by atoms with Crippen molar-refractivity contribution in [2.75, 3.05) is 19.3 Å². The first-order chi connectivity index (χ1) is 8.11. The topological polar surface area (TPSA) is 63.4 Å². The van der Waals surface area contributed by atoms with Crippen molar-refractivity contribution in [2.45, 2.75) is 11.3 Å². The first-order valence-electron chi connectivity index (χ1n) is 5.28. The molecule has 2 rings (SSSR count). The summed E-state index contributed by atoms with van der Waals surface area (Å²) in [6.07, 6.45) is 2.42. The second kappa shape index (κ2) is 5.10. The van der Waals surface area contributed by atoms with Gasteiger partial charge in [-0.1, -0.05) is 0 Å². The minimum atomic E-state index is -0.311. The van der Waals surface area contributed by atoms with Gasteiger partial charge in [-0.3, -0.25) is 9.59 Å². The summed E-state index contributed by atoms with van der Waals surface area (Å²) in [5, 5.41) is 4.06. The third-order valence-corrected chi connectivity index (χ3v) is 4.66. The monoisotopic (exact) mass is 270 g/mol. The van der Waals surface area contributed by atoms with Crippen LogP contribution in [0.3, 0.4) is 0 Å². The Morgan fingerprint density at radius 1 is 1.53 bits per heavy atom. The summed E-state index contributed by atoms with van der Waals surface area (Å²) in [5.41, 5.74) is 6.24. The molecule has 1 fully saturated rings. The maximum atomic E-state index is 11.9. The molecule has 4 nitrogen and oxygen atoms in total.